The molecule has 1 rings (SSSR count). The van der Waals surface area contributed by atoms with Crippen LogP contribution in [0, 0.1) is 0 Å². The van der Waals surface area contributed by atoms with E-state index < -0.39 is 0 Å². The van der Waals surface area contributed by atoms with Crippen LogP contribution in [-0.2, 0) is 4.79 Å². The molecule has 0 aromatic rings. The summed E-state index contributed by atoms with van der Waals surface area (Å²) < 4.78 is 0. The Morgan fingerprint density at radius 3 is 3.00 bits per heavy atom. The van der Waals surface area contributed by atoms with Gasteiger partial charge in [-0.25, -0.2) is 0 Å². The zero-order chi connectivity index (χ0) is 7.40. The van der Waals surface area contributed by atoms with Crippen LogP contribution in [0.2, 0.25) is 0 Å². The standard InChI is InChI=1S/C9H12O/c1-8-3-2-4-9(7-10)6-5-8/h3,6-7H,2,4-5H2,1H3. The lowest BCUT2D eigenvalue weighted by Crippen LogP contribution is -1.81. The number of hydrogen-bond acceptors (Lipinski definition) is 1. The summed E-state index contributed by atoms with van der Waals surface area (Å²) in [6.45, 7) is 2.10. The van der Waals surface area contributed by atoms with Gasteiger partial charge in [-0.15, -0.1) is 0 Å². The second kappa shape index (κ2) is 3.35. The van der Waals surface area contributed by atoms with Crippen LogP contribution in [0.1, 0.15) is 26.2 Å². The van der Waals surface area contributed by atoms with Gasteiger partial charge in [0, 0.05) is 0 Å². The fourth-order valence-corrected chi connectivity index (χ4v) is 1.07. The maximum absolute atomic E-state index is 10.3. The van der Waals surface area contributed by atoms with Crippen LogP contribution in [0.4, 0.5) is 0 Å². The molecule has 1 nitrogen and oxygen atoms in total. The highest BCUT2D eigenvalue weighted by Gasteiger charge is 1.98. The van der Waals surface area contributed by atoms with Gasteiger partial charge in [0.05, 0.1) is 0 Å². The second-order valence-electron chi connectivity index (χ2n) is 2.69. The maximum atomic E-state index is 10.3. The van der Waals surface area contributed by atoms with Gasteiger partial charge < -0.3 is 0 Å². The van der Waals surface area contributed by atoms with Gasteiger partial charge in [0.25, 0.3) is 0 Å². The third kappa shape index (κ3) is 1.83. The van der Waals surface area contributed by atoms with E-state index >= 15 is 0 Å². The van der Waals surface area contributed by atoms with E-state index in [-0.39, 0.29) is 0 Å². The molecule has 0 unspecified atom stereocenters. The number of carbonyl (C=O) groups excluding carboxylic acids is 1. The minimum absolute atomic E-state index is 0.918. The predicted molar refractivity (Wildman–Crippen MR) is 41.8 cm³/mol. The molecule has 54 valence electrons. The molecule has 0 heterocycles. The Bertz CT molecular complexity index is 187. The van der Waals surface area contributed by atoms with E-state index in [1.165, 1.54) is 5.57 Å². The third-order valence-corrected chi connectivity index (χ3v) is 1.76. The first kappa shape index (κ1) is 7.26. The average molecular weight is 136 g/mol. The van der Waals surface area contributed by atoms with Gasteiger partial charge in [0.15, 0.2) is 0 Å². The van der Waals surface area contributed by atoms with Crippen molar-refractivity contribution in [3.63, 3.8) is 0 Å². The van der Waals surface area contributed by atoms with Crippen molar-refractivity contribution >= 4 is 6.29 Å². The quantitative estimate of drug-likeness (QED) is 0.399. The van der Waals surface area contributed by atoms with Gasteiger partial charge in [-0.3, -0.25) is 4.79 Å². The number of rotatable bonds is 1. The molecule has 0 saturated carbocycles. The summed E-state index contributed by atoms with van der Waals surface area (Å²) in [6.07, 6.45) is 8.08. The summed E-state index contributed by atoms with van der Waals surface area (Å²) in [5.41, 5.74) is 2.32. The highest BCUT2D eigenvalue weighted by molar-refractivity contribution is 5.73. The number of carbonyl (C=O) groups is 1. The molecule has 0 radical (unpaired) electrons. The molecule has 10 heavy (non-hydrogen) atoms. The molecule has 0 aromatic heterocycles. The first-order valence-corrected chi connectivity index (χ1v) is 3.63. The minimum atomic E-state index is 0.918. The van der Waals surface area contributed by atoms with Gasteiger partial charge in [-0.1, -0.05) is 17.7 Å². The van der Waals surface area contributed by atoms with Crippen molar-refractivity contribution in [2.75, 3.05) is 0 Å². The molecule has 0 aromatic carbocycles. The zero-order valence-corrected chi connectivity index (χ0v) is 6.26. The van der Waals surface area contributed by atoms with Gasteiger partial charge in [-0.05, 0) is 31.8 Å². The number of allylic oxidation sites excluding steroid dienone is 4. The van der Waals surface area contributed by atoms with E-state index in [2.05, 4.69) is 13.0 Å². The fourth-order valence-electron chi connectivity index (χ4n) is 1.07. The van der Waals surface area contributed by atoms with Gasteiger partial charge in [0.2, 0.25) is 0 Å². The van der Waals surface area contributed by atoms with Crippen molar-refractivity contribution in [3.05, 3.63) is 23.3 Å². The summed E-state index contributed by atoms with van der Waals surface area (Å²) in [5, 5.41) is 0. The first-order valence-electron chi connectivity index (χ1n) is 3.63. The lowest BCUT2D eigenvalue weighted by Gasteiger charge is -1.89. The third-order valence-electron chi connectivity index (χ3n) is 1.76. The molecule has 0 aliphatic heterocycles. The summed E-state index contributed by atoms with van der Waals surface area (Å²) in [5.74, 6) is 0. The molecule has 1 heteroatoms. The Hall–Kier alpha value is -0.850. The van der Waals surface area contributed by atoms with Crippen molar-refractivity contribution in [3.8, 4) is 0 Å². The van der Waals surface area contributed by atoms with Crippen LogP contribution >= 0.6 is 0 Å². The van der Waals surface area contributed by atoms with Crippen molar-refractivity contribution < 1.29 is 4.79 Å². The van der Waals surface area contributed by atoms with Gasteiger partial charge in [0.1, 0.15) is 6.29 Å². The van der Waals surface area contributed by atoms with E-state index in [9.17, 15) is 4.79 Å². The van der Waals surface area contributed by atoms with E-state index in [4.69, 9.17) is 0 Å². The molecule has 1 aliphatic carbocycles. The average Bonchev–Trinajstić information content (AvgIpc) is 2.14. The van der Waals surface area contributed by atoms with E-state index in [0.717, 1.165) is 31.1 Å². The monoisotopic (exact) mass is 136 g/mol. The van der Waals surface area contributed by atoms with Crippen LogP contribution < -0.4 is 0 Å². The number of hydrogen-bond donors (Lipinski definition) is 0. The van der Waals surface area contributed by atoms with Crippen molar-refractivity contribution in [2.45, 2.75) is 26.2 Å². The van der Waals surface area contributed by atoms with Crippen LogP contribution in [0.3, 0.4) is 0 Å². The Morgan fingerprint density at radius 2 is 2.30 bits per heavy atom. The molecule has 1 aliphatic rings. The van der Waals surface area contributed by atoms with Crippen molar-refractivity contribution in [2.24, 2.45) is 0 Å². The smallest absolute Gasteiger partial charge is 0.145 e. The SMILES string of the molecule is CC1=CCCC(C=O)=CC1. The highest BCUT2D eigenvalue weighted by Crippen LogP contribution is 2.14. The molecule has 0 spiro atoms. The second-order valence-corrected chi connectivity index (χ2v) is 2.69. The van der Waals surface area contributed by atoms with Gasteiger partial charge in [-0.2, -0.15) is 0 Å². The molecule has 0 amide bonds. The topological polar surface area (TPSA) is 17.1 Å². The molecule has 0 N–H and O–H groups in total. The summed E-state index contributed by atoms with van der Waals surface area (Å²) in [4.78, 5) is 10.3. The lowest BCUT2D eigenvalue weighted by atomic mass is 10.2. The zero-order valence-electron chi connectivity index (χ0n) is 6.26. The van der Waals surface area contributed by atoms with Crippen LogP contribution in [0.15, 0.2) is 23.3 Å². The van der Waals surface area contributed by atoms with E-state index in [0.29, 0.717) is 0 Å². The molecule has 0 saturated heterocycles. The fraction of sp³-hybridized carbons (Fsp3) is 0.444. The lowest BCUT2D eigenvalue weighted by molar-refractivity contribution is -0.105. The Balaban J connectivity index is 2.62. The minimum Gasteiger partial charge on any atom is -0.298 e. The molecule has 0 atom stereocenters. The maximum Gasteiger partial charge on any atom is 0.145 e. The highest BCUT2D eigenvalue weighted by atomic mass is 16.1. The Kier molecular flexibility index (Phi) is 2.43. The first-order chi connectivity index (χ1) is 4.83. The predicted octanol–water partition coefficient (Wildman–Crippen LogP) is 2.24. The Morgan fingerprint density at radius 1 is 1.50 bits per heavy atom. The van der Waals surface area contributed by atoms with Gasteiger partial charge >= 0.3 is 0 Å². The Labute approximate surface area is 61.4 Å². The van der Waals surface area contributed by atoms with Crippen molar-refractivity contribution in [1.29, 1.82) is 0 Å². The summed E-state index contributed by atoms with van der Waals surface area (Å²) >= 11 is 0. The normalized spacial score (nSPS) is 18.9. The van der Waals surface area contributed by atoms with Crippen LogP contribution in [0.25, 0.3) is 0 Å². The molecular formula is C9H12O. The molecule has 0 fully saturated rings. The molecule has 0 bridgehead atoms. The summed E-state index contributed by atoms with van der Waals surface area (Å²) in [7, 11) is 0. The largest absolute Gasteiger partial charge is 0.298 e. The molecular weight excluding hydrogens is 124 g/mol. The van der Waals surface area contributed by atoms with Crippen LogP contribution in [-0.4, -0.2) is 6.29 Å². The van der Waals surface area contributed by atoms with E-state index in [1.54, 1.807) is 0 Å². The van der Waals surface area contributed by atoms with Crippen molar-refractivity contribution in [1.82, 2.24) is 0 Å². The number of aldehydes is 1. The van der Waals surface area contributed by atoms with E-state index in [1.807, 2.05) is 6.08 Å². The van der Waals surface area contributed by atoms with Crippen LogP contribution in [0.5, 0.6) is 0 Å². The summed E-state index contributed by atoms with van der Waals surface area (Å²) in [6, 6.07) is 0.